The topological polar surface area (TPSA) is 63.1 Å². The highest BCUT2D eigenvalue weighted by Gasteiger charge is 2.36. The molecule has 2 N–H and O–H groups in total. The Hall–Kier alpha value is -3.41. The molecule has 6 heteroatoms. The van der Waals surface area contributed by atoms with E-state index in [1.54, 1.807) is 30.4 Å². The largest absolute Gasteiger partial charge is 0.404 e. The van der Waals surface area contributed by atoms with E-state index in [0.29, 0.717) is 11.6 Å². The minimum absolute atomic E-state index is 0.270. The van der Waals surface area contributed by atoms with Gasteiger partial charge in [0.1, 0.15) is 10.7 Å². The van der Waals surface area contributed by atoms with Crippen LogP contribution in [0.3, 0.4) is 0 Å². The molecule has 38 heavy (non-hydrogen) atoms. The molecular weight excluding hydrogens is 508 g/mol. The molecule has 0 fully saturated rings. The van der Waals surface area contributed by atoms with Crippen LogP contribution < -0.4 is 5.73 Å². The molecule has 0 radical (unpaired) electrons. The second-order valence-electron chi connectivity index (χ2n) is 9.55. The highest BCUT2D eigenvalue weighted by molar-refractivity contribution is 7.99. The lowest BCUT2D eigenvalue weighted by molar-refractivity contribution is 0.657. The van der Waals surface area contributed by atoms with Gasteiger partial charge in [-0.2, -0.15) is 0 Å². The first-order valence-electron chi connectivity index (χ1n) is 12.5. The van der Waals surface area contributed by atoms with Crippen molar-refractivity contribution >= 4 is 41.7 Å². The predicted octanol–water partition coefficient (Wildman–Crippen LogP) is 8.34. The maximum atomic E-state index is 6.32. The van der Waals surface area contributed by atoms with Crippen molar-refractivity contribution in [2.24, 2.45) is 20.1 Å². The first-order valence-corrected chi connectivity index (χ1v) is 13.7. The van der Waals surface area contributed by atoms with Gasteiger partial charge in [0.05, 0.1) is 5.71 Å². The summed E-state index contributed by atoms with van der Waals surface area (Å²) >= 11 is 7.92. The summed E-state index contributed by atoms with van der Waals surface area (Å²) in [5.74, 6) is 0. The maximum Gasteiger partial charge on any atom is 0.136 e. The molecular formula is C32H35ClN4S. The van der Waals surface area contributed by atoms with Crippen molar-refractivity contribution in [2.75, 3.05) is 0 Å². The molecule has 3 aromatic carbocycles. The lowest BCUT2D eigenvalue weighted by Gasteiger charge is -2.33. The van der Waals surface area contributed by atoms with Gasteiger partial charge in [-0.1, -0.05) is 103 Å². The maximum absolute atomic E-state index is 6.32. The van der Waals surface area contributed by atoms with Crippen LogP contribution in [0.4, 0.5) is 0 Å². The highest BCUT2D eigenvalue weighted by atomic mass is 35.5. The zero-order valence-electron chi connectivity index (χ0n) is 22.4. The van der Waals surface area contributed by atoms with Crippen LogP contribution in [0.2, 0.25) is 0 Å². The Bertz CT molecular complexity index is 1210. The van der Waals surface area contributed by atoms with Gasteiger partial charge in [-0.3, -0.25) is 4.99 Å². The number of hydrogen-bond donors (Lipinski definition) is 1. The summed E-state index contributed by atoms with van der Waals surface area (Å²) in [5.41, 5.74) is 9.96. The molecule has 0 atom stereocenters. The number of nitrogens with zero attached hydrogens (tertiary/aromatic N) is 3. The monoisotopic (exact) mass is 542 g/mol. The van der Waals surface area contributed by atoms with Crippen molar-refractivity contribution in [3.05, 3.63) is 131 Å². The molecule has 4 nitrogen and oxygen atoms in total. The van der Waals surface area contributed by atoms with E-state index in [1.807, 2.05) is 67.7 Å². The van der Waals surface area contributed by atoms with Crippen LogP contribution in [0.15, 0.2) is 128 Å². The first-order chi connectivity index (χ1) is 18.3. The van der Waals surface area contributed by atoms with Gasteiger partial charge in [0, 0.05) is 29.7 Å². The number of aliphatic imine (C=N–C) groups is 2. The number of halogens is 1. The lowest BCUT2D eigenvalue weighted by Crippen LogP contribution is -2.29. The first kappa shape index (κ1) is 29.2. The molecule has 0 saturated carbocycles. The van der Waals surface area contributed by atoms with Crippen molar-refractivity contribution in [2.45, 2.75) is 44.4 Å². The summed E-state index contributed by atoms with van der Waals surface area (Å²) in [6, 6.07) is 30.9. The standard InChI is InChI=1S/C26H22ClN3.C6H13NS/c27-25-18-24(20(19-28)16-17-29-25)30-26(21-10-4-1-5-11-21,22-12-6-2-7-13-22)23-14-8-3-9-15-23;1-5-7-8-6(2,3)4/h1-15,17-19H,16,28H2;5H,1-4H3/b20-19-,30-24?;7-5-. The number of benzene rings is 3. The van der Waals surface area contributed by atoms with Gasteiger partial charge < -0.3 is 5.73 Å². The van der Waals surface area contributed by atoms with Gasteiger partial charge in [-0.05, 0) is 68.1 Å². The van der Waals surface area contributed by atoms with Gasteiger partial charge in [-0.15, -0.1) is 0 Å². The number of rotatable bonds is 5. The van der Waals surface area contributed by atoms with Crippen molar-refractivity contribution in [1.82, 2.24) is 0 Å². The van der Waals surface area contributed by atoms with Crippen molar-refractivity contribution in [3.8, 4) is 0 Å². The summed E-state index contributed by atoms with van der Waals surface area (Å²) in [7, 11) is 0. The van der Waals surface area contributed by atoms with Crippen LogP contribution in [0, 0.1) is 0 Å². The molecule has 1 aliphatic heterocycles. The zero-order valence-corrected chi connectivity index (χ0v) is 24.0. The summed E-state index contributed by atoms with van der Waals surface area (Å²) < 4.78 is 4.31. The second kappa shape index (κ2) is 13.9. The van der Waals surface area contributed by atoms with Gasteiger partial charge in [0.2, 0.25) is 0 Å². The summed E-state index contributed by atoms with van der Waals surface area (Å²) in [6.07, 6.45) is 7.51. The number of nitrogens with two attached hydrogens (primary N) is 1. The van der Waals surface area contributed by atoms with Crippen LogP contribution >= 0.6 is 23.5 Å². The van der Waals surface area contributed by atoms with E-state index in [-0.39, 0.29) is 4.75 Å². The van der Waals surface area contributed by atoms with E-state index in [9.17, 15) is 0 Å². The van der Waals surface area contributed by atoms with Gasteiger partial charge in [0.15, 0.2) is 0 Å². The average molecular weight is 543 g/mol. The molecule has 1 aliphatic rings. The summed E-state index contributed by atoms with van der Waals surface area (Å²) in [6.45, 7) is 8.36. The quantitative estimate of drug-likeness (QED) is 0.152. The third-order valence-electron chi connectivity index (χ3n) is 5.61. The van der Waals surface area contributed by atoms with Crippen LogP contribution in [0.25, 0.3) is 0 Å². The Kier molecular flexibility index (Phi) is 10.7. The molecule has 0 unspecified atom stereocenters. The summed E-state index contributed by atoms with van der Waals surface area (Å²) in [4.78, 5) is 9.61. The number of hydrogen-bond acceptors (Lipinski definition) is 5. The lowest BCUT2D eigenvalue weighted by atomic mass is 9.77. The fraction of sp³-hybridized carbons (Fsp3) is 0.219. The molecule has 0 bridgehead atoms. The fourth-order valence-corrected chi connectivity index (χ4v) is 4.55. The molecule has 0 spiro atoms. The predicted molar refractivity (Wildman–Crippen MR) is 167 cm³/mol. The van der Waals surface area contributed by atoms with Gasteiger partial charge >= 0.3 is 0 Å². The highest BCUT2D eigenvalue weighted by Crippen LogP contribution is 2.41. The fourth-order valence-electron chi connectivity index (χ4n) is 3.96. The van der Waals surface area contributed by atoms with E-state index >= 15 is 0 Å². The van der Waals surface area contributed by atoms with Crippen molar-refractivity contribution < 1.29 is 0 Å². The Labute approximate surface area is 236 Å². The van der Waals surface area contributed by atoms with E-state index in [4.69, 9.17) is 22.3 Å². The van der Waals surface area contributed by atoms with Crippen LogP contribution in [0.1, 0.15) is 50.8 Å². The minimum atomic E-state index is -0.772. The number of allylic oxidation sites excluding steroid dienone is 2. The second-order valence-corrected chi connectivity index (χ2v) is 11.6. The molecule has 4 rings (SSSR count). The Morgan fingerprint density at radius 1 is 0.842 bits per heavy atom. The van der Waals surface area contributed by atoms with Crippen LogP contribution in [-0.4, -0.2) is 22.9 Å². The third kappa shape index (κ3) is 7.80. The average Bonchev–Trinajstić information content (AvgIpc) is 3.12. The molecule has 0 saturated heterocycles. The normalized spacial score (nSPS) is 16.2. The summed E-state index contributed by atoms with van der Waals surface area (Å²) in [5, 5.41) is 0.383. The zero-order chi connectivity index (χ0) is 27.4. The molecule has 3 aromatic rings. The smallest absolute Gasteiger partial charge is 0.136 e. The minimum Gasteiger partial charge on any atom is -0.404 e. The Morgan fingerprint density at radius 3 is 1.68 bits per heavy atom. The van der Waals surface area contributed by atoms with Crippen molar-refractivity contribution in [1.29, 1.82) is 0 Å². The van der Waals surface area contributed by atoms with Gasteiger partial charge in [-0.25, -0.2) is 9.39 Å². The molecule has 1 heterocycles. The third-order valence-corrected chi connectivity index (χ3v) is 6.68. The van der Waals surface area contributed by atoms with E-state index in [0.717, 1.165) is 28.0 Å². The SMILES string of the molecule is C/C=N\SC(C)(C)C.N/C=C1/CC=NC(Cl)=CC1=NC(c1ccccc1)(c1ccccc1)c1ccccc1. The van der Waals surface area contributed by atoms with Crippen LogP contribution in [-0.2, 0) is 5.54 Å². The molecule has 0 amide bonds. The molecule has 196 valence electrons. The van der Waals surface area contributed by atoms with Crippen molar-refractivity contribution in [3.63, 3.8) is 0 Å². The Morgan fingerprint density at radius 2 is 1.32 bits per heavy atom. The van der Waals surface area contributed by atoms with E-state index in [1.165, 1.54) is 0 Å². The Balaban J connectivity index is 0.000000436. The van der Waals surface area contributed by atoms with Gasteiger partial charge in [0.25, 0.3) is 0 Å². The van der Waals surface area contributed by atoms with Crippen LogP contribution in [0.5, 0.6) is 0 Å². The van der Waals surface area contributed by atoms with E-state index < -0.39 is 5.54 Å². The molecule has 0 aromatic heterocycles. The molecule has 0 aliphatic carbocycles. The van der Waals surface area contributed by atoms with E-state index in [2.05, 4.69) is 66.6 Å².